The number of rotatable bonds is 6. The average molecular weight is 431 g/mol. The standard InChI is InChI=1S/C23H30N2S3/c1-6-22(4,7-2)19-11-14(24)20(28-19)17-10-9-16(26-17)18-12-15-21(27-18)23(5,8-3)13-25-15/h9-12,25H,6-8,13,24H2,1-5H3. The smallest absolute Gasteiger partial charge is 0.0675 e. The van der Waals surface area contributed by atoms with Crippen LogP contribution in [0.3, 0.4) is 0 Å². The highest BCUT2D eigenvalue weighted by molar-refractivity contribution is 7.27. The predicted molar refractivity (Wildman–Crippen MR) is 129 cm³/mol. The number of fused-ring (bicyclic) bond motifs is 1. The van der Waals surface area contributed by atoms with Crippen LogP contribution in [0, 0.1) is 0 Å². The Hall–Kier alpha value is -1.30. The summed E-state index contributed by atoms with van der Waals surface area (Å²) in [5.74, 6) is 0. The van der Waals surface area contributed by atoms with Gasteiger partial charge in [0.1, 0.15) is 0 Å². The van der Waals surface area contributed by atoms with Gasteiger partial charge in [-0.05, 0) is 43.5 Å². The van der Waals surface area contributed by atoms with Crippen molar-refractivity contribution >= 4 is 45.4 Å². The van der Waals surface area contributed by atoms with Gasteiger partial charge in [0.25, 0.3) is 0 Å². The maximum absolute atomic E-state index is 6.45. The molecule has 150 valence electrons. The summed E-state index contributed by atoms with van der Waals surface area (Å²) in [6.07, 6.45) is 3.45. The SMILES string of the molecule is CCC(C)(CC)c1cc(N)c(-c2ccc(-c3cc4c(s3)C(C)(CC)CN4)s2)s1. The highest BCUT2D eigenvalue weighted by Gasteiger charge is 2.35. The Bertz CT molecular complexity index is 990. The van der Waals surface area contributed by atoms with Crippen LogP contribution in [0.25, 0.3) is 19.5 Å². The second kappa shape index (κ2) is 7.19. The lowest BCUT2D eigenvalue weighted by molar-refractivity contribution is 0.448. The van der Waals surface area contributed by atoms with Crippen molar-refractivity contribution in [3.8, 4) is 19.5 Å². The van der Waals surface area contributed by atoms with Crippen molar-refractivity contribution in [2.75, 3.05) is 17.6 Å². The van der Waals surface area contributed by atoms with Crippen LogP contribution < -0.4 is 11.1 Å². The van der Waals surface area contributed by atoms with Crippen LogP contribution in [0.5, 0.6) is 0 Å². The monoisotopic (exact) mass is 430 g/mol. The van der Waals surface area contributed by atoms with E-state index < -0.39 is 0 Å². The van der Waals surface area contributed by atoms with Crippen molar-refractivity contribution in [3.05, 3.63) is 34.0 Å². The number of nitrogens with two attached hydrogens (primary N) is 1. The maximum Gasteiger partial charge on any atom is 0.0675 e. The van der Waals surface area contributed by atoms with Crippen molar-refractivity contribution in [1.29, 1.82) is 0 Å². The van der Waals surface area contributed by atoms with Gasteiger partial charge in [-0.15, -0.1) is 34.0 Å². The van der Waals surface area contributed by atoms with E-state index in [0.29, 0.717) is 0 Å². The van der Waals surface area contributed by atoms with E-state index >= 15 is 0 Å². The summed E-state index contributed by atoms with van der Waals surface area (Å²) in [5.41, 5.74) is 9.21. The number of anilines is 2. The highest BCUT2D eigenvalue weighted by atomic mass is 32.1. The average Bonchev–Trinajstić information content (AvgIpc) is 3.45. The summed E-state index contributed by atoms with van der Waals surface area (Å²) in [6.45, 7) is 12.6. The first-order chi connectivity index (χ1) is 13.3. The highest BCUT2D eigenvalue weighted by Crippen LogP contribution is 2.50. The summed E-state index contributed by atoms with van der Waals surface area (Å²) >= 11 is 5.71. The lowest BCUT2D eigenvalue weighted by Crippen LogP contribution is -2.22. The second-order valence-corrected chi connectivity index (χ2v) is 11.6. The van der Waals surface area contributed by atoms with Gasteiger partial charge in [0.05, 0.1) is 10.6 Å². The van der Waals surface area contributed by atoms with Gasteiger partial charge < -0.3 is 11.1 Å². The van der Waals surface area contributed by atoms with E-state index in [9.17, 15) is 0 Å². The van der Waals surface area contributed by atoms with Crippen molar-refractivity contribution in [3.63, 3.8) is 0 Å². The van der Waals surface area contributed by atoms with Gasteiger partial charge in [-0.3, -0.25) is 0 Å². The molecule has 0 saturated heterocycles. The molecule has 1 aliphatic rings. The minimum atomic E-state index is 0.224. The zero-order valence-electron chi connectivity index (χ0n) is 17.4. The molecule has 3 aromatic heterocycles. The third-order valence-electron chi connectivity index (χ3n) is 6.72. The fraction of sp³-hybridized carbons (Fsp3) is 0.478. The lowest BCUT2D eigenvalue weighted by atomic mass is 9.83. The van der Waals surface area contributed by atoms with Crippen molar-refractivity contribution in [2.45, 2.75) is 64.7 Å². The Morgan fingerprint density at radius 2 is 1.75 bits per heavy atom. The van der Waals surface area contributed by atoms with Crippen LogP contribution in [-0.2, 0) is 10.8 Å². The Morgan fingerprint density at radius 1 is 1.04 bits per heavy atom. The normalized spacial score (nSPS) is 19.0. The molecule has 0 aromatic carbocycles. The molecule has 1 unspecified atom stereocenters. The molecule has 0 aliphatic carbocycles. The first-order valence-corrected chi connectivity index (χ1v) is 12.7. The molecule has 3 N–H and O–H groups in total. The molecule has 0 spiro atoms. The van der Waals surface area contributed by atoms with E-state index in [4.69, 9.17) is 5.73 Å². The predicted octanol–water partition coefficient (Wildman–Crippen LogP) is 7.96. The van der Waals surface area contributed by atoms with Gasteiger partial charge in [-0.25, -0.2) is 0 Å². The largest absolute Gasteiger partial charge is 0.398 e. The first-order valence-electron chi connectivity index (χ1n) is 10.2. The molecular formula is C23H30N2S3. The van der Waals surface area contributed by atoms with E-state index in [1.165, 1.54) is 41.4 Å². The van der Waals surface area contributed by atoms with E-state index in [1.54, 1.807) is 0 Å². The first kappa shape index (κ1) is 20.0. The molecule has 0 amide bonds. The molecule has 5 heteroatoms. The third-order valence-corrected chi connectivity index (χ3v) is 11.1. The van der Waals surface area contributed by atoms with E-state index in [1.807, 2.05) is 34.0 Å². The third kappa shape index (κ3) is 3.12. The van der Waals surface area contributed by atoms with Crippen LogP contribution in [0.15, 0.2) is 24.3 Å². The zero-order valence-corrected chi connectivity index (χ0v) is 19.9. The fourth-order valence-corrected chi connectivity index (χ4v) is 7.77. The van der Waals surface area contributed by atoms with Crippen LogP contribution >= 0.6 is 34.0 Å². The minimum absolute atomic E-state index is 0.224. The van der Waals surface area contributed by atoms with E-state index in [-0.39, 0.29) is 10.8 Å². The molecule has 1 aliphatic heterocycles. The van der Waals surface area contributed by atoms with Crippen LogP contribution in [-0.4, -0.2) is 6.54 Å². The van der Waals surface area contributed by atoms with Gasteiger partial charge >= 0.3 is 0 Å². The number of hydrogen-bond donors (Lipinski definition) is 2. The number of thiophene rings is 3. The maximum atomic E-state index is 6.45. The van der Waals surface area contributed by atoms with Gasteiger partial charge in [0, 0.05) is 47.4 Å². The van der Waals surface area contributed by atoms with Crippen LogP contribution in [0.2, 0.25) is 0 Å². The van der Waals surface area contributed by atoms with Crippen molar-refractivity contribution in [2.24, 2.45) is 0 Å². The number of nitrogens with one attached hydrogen (secondary N) is 1. The second-order valence-electron chi connectivity index (χ2n) is 8.45. The lowest BCUT2D eigenvalue weighted by Gasteiger charge is -2.24. The molecule has 2 nitrogen and oxygen atoms in total. The summed E-state index contributed by atoms with van der Waals surface area (Å²) < 4.78 is 0. The Balaban J connectivity index is 1.67. The van der Waals surface area contributed by atoms with Gasteiger partial charge in [0.15, 0.2) is 0 Å². The topological polar surface area (TPSA) is 38.0 Å². The Kier molecular flexibility index (Phi) is 5.13. The number of hydrogen-bond acceptors (Lipinski definition) is 5. The number of nitrogen functional groups attached to an aromatic ring is 1. The van der Waals surface area contributed by atoms with E-state index in [2.05, 4.69) is 64.2 Å². The summed E-state index contributed by atoms with van der Waals surface area (Å²) in [7, 11) is 0. The van der Waals surface area contributed by atoms with Gasteiger partial charge in [0.2, 0.25) is 0 Å². The molecule has 1 atom stereocenters. The minimum Gasteiger partial charge on any atom is -0.398 e. The molecule has 28 heavy (non-hydrogen) atoms. The Morgan fingerprint density at radius 3 is 2.43 bits per heavy atom. The van der Waals surface area contributed by atoms with E-state index in [0.717, 1.165) is 25.1 Å². The molecule has 4 rings (SSSR count). The molecule has 0 radical (unpaired) electrons. The molecule has 3 aromatic rings. The van der Waals surface area contributed by atoms with Crippen molar-refractivity contribution < 1.29 is 0 Å². The summed E-state index contributed by atoms with van der Waals surface area (Å²) in [5, 5.41) is 3.61. The van der Waals surface area contributed by atoms with Crippen molar-refractivity contribution in [1.82, 2.24) is 0 Å². The van der Waals surface area contributed by atoms with Crippen LogP contribution in [0.1, 0.15) is 63.6 Å². The molecule has 4 heterocycles. The summed E-state index contributed by atoms with van der Waals surface area (Å²) in [4.78, 5) is 8.17. The quantitative estimate of drug-likeness (QED) is 0.416. The fourth-order valence-electron chi connectivity index (χ4n) is 3.83. The molecule has 0 fully saturated rings. The Labute approximate surface area is 180 Å². The van der Waals surface area contributed by atoms with Gasteiger partial charge in [-0.2, -0.15) is 0 Å². The van der Waals surface area contributed by atoms with Crippen LogP contribution in [0.4, 0.5) is 11.4 Å². The van der Waals surface area contributed by atoms with Gasteiger partial charge in [-0.1, -0.05) is 34.6 Å². The molecule has 0 saturated carbocycles. The molecule has 0 bridgehead atoms. The zero-order chi connectivity index (χ0) is 20.1. The summed E-state index contributed by atoms with van der Waals surface area (Å²) in [6, 6.07) is 9.06. The molecular weight excluding hydrogens is 400 g/mol.